The van der Waals surface area contributed by atoms with Crippen molar-refractivity contribution in [3.05, 3.63) is 34.6 Å². The summed E-state index contributed by atoms with van der Waals surface area (Å²) in [6.45, 7) is 1.86. The molecule has 1 aromatic rings. The van der Waals surface area contributed by atoms with Gasteiger partial charge in [-0.15, -0.1) is 11.8 Å². The summed E-state index contributed by atoms with van der Waals surface area (Å²) >= 11 is 6.89. The lowest BCUT2D eigenvalue weighted by molar-refractivity contribution is -0.165. The van der Waals surface area contributed by atoms with Gasteiger partial charge in [0, 0.05) is 17.9 Å². The topological polar surface area (TPSA) is 33.2 Å². The van der Waals surface area contributed by atoms with Gasteiger partial charge in [0.05, 0.1) is 16.9 Å². The molecular weight excluding hydrogens is 313 g/mol. The summed E-state index contributed by atoms with van der Waals surface area (Å²) in [6, 6.07) is 3.18. The highest BCUT2D eigenvalue weighted by Crippen LogP contribution is 2.37. The summed E-state index contributed by atoms with van der Waals surface area (Å²) in [5.74, 6) is -1.26. The van der Waals surface area contributed by atoms with Gasteiger partial charge >= 0.3 is 6.18 Å². The zero-order chi connectivity index (χ0) is 14.9. The summed E-state index contributed by atoms with van der Waals surface area (Å²) in [7, 11) is 0. The maximum absolute atomic E-state index is 12.3. The number of hydrogen-bond donors (Lipinski definition) is 0. The van der Waals surface area contributed by atoms with E-state index in [1.807, 2.05) is 6.92 Å². The van der Waals surface area contributed by atoms with Gasteiger partial charge in [0.25, 0.3) is 5.78 Å². The first kappa shape index (κ1) is 15.2. The fourth-order valence-electron chi connectivity index (χ4n) is 1.76. The summed E-state index contributed by atoms with van der Waals surface area (Å²) in [5, 5.41) is 0.564. The highest BCUT2D eigenvalue weighted by Gasteiger charge is 2.38. The van der Waals surface area contributed by atoms with Crippen LogP contribution in [0.5, 0.6) is 0 Å². The van der Waals surface area contributed by atoms with Gasteiger partial charge in [0.15, 0.2) is 0 Å². The lowest BCUT2D eigenvalue weighted by Crippen LogP contribution is -2.28. The molecule has 0 N–H and O–H groups in total. The molecule has 3 nitrogen and oxygen atoms in total. The van der Waals surface area contributed by atoms with E-state index in [0.717, 1.165) is 0 Å². The molecule has 0 aromatic carbocycles. The Bertz CT molecular complexity index is 545. The molecule has 8 heteroatoms. The average Bonchev–Trinajstić information content (AvgIpc) is 2.71. The third kappa shape index (κ3) is 3.27. The number of ketones is 1. The summed E-state index contributed by atoms with van der Waals surface area (Å²) in [4.78, 5) is 16.6. The van der Waals surface area contributed by atoms with Crippen molar-refractivity contribution in [3.63, 3.8) is 0 Å². The largest absolute Gasteiger partial charge is 0.454 e. The van der Waals surface area contributed by atoms with Gasteiger partial charge in [0.1, 0.15) is 5.15 Å². The number of hydrogen-bond acceptors (Lipinski definition) is 4. The minimum atomic E-state index is -4.86. The molecule has 1 aliphatic rings. The molecule has 0 aliphatic carbocycles. The normalized spacial score (nSPS) is 21.6. The average molecular weight is 323 g/mol. The van der Waals surface area contributed by atoms with Crippen molar-refractivity contribution in [3.8, 4) is 0 Å². The van der Waals surface area contributed by atoms with Crippen LogP contribution in [0, 0.1) is 0 Å². The molecule has 1 fully saturated rings. The SMILES string of the molecule is CC1CSC(=CC(=O)C(F)(F)F)N1c1ccc(Cl)nc1. The van der Waals surface area contributed by atoms with Crippen LogP contribution < -0.4 is 4.90 Å². The number of carbonyl (C=O) groups excluding carboxylic acids is 1. The molecule has 0 bridgehead atoms. The number of rotatable bonds is 2. The van der Waals surface area contributed by atoms with E-state index in [9.17, 15) is 18.0 Å². The first-order chi connectivity index (χ1) is 9.29. The number of anilines is 1. The van der Waals surface area contributed by atoms with Crippen LogP contribution in [-0.4, -0.2) is 28.7 Å². The smallest absolute Gasteiger partial charge is 0.331 e. The maximum atomic E-state index is 12.3. The lowest BCUT2D eigenvalue weighted by atomic mass is 10.2. The minimum absolute atomic E-state index is 0.0322. The zero-order valence-electron chi connectivity index (χ0n) is 10.3. The molecule has 2 rings (SSSR count). The number of allylic oxidation sites excluding steroid dienone is 1. The van der Waals surface area contributed by atoms with Crippen molar-refractivity contribution in [2.45, 2.75) is 19.1 Å². The van der Waals surface area contributed by atoms with Crippen molar-refractivity contribution >= 4 is 34.8 Å². The maximum Gasteiger partial charge on any atom is 0.454 e. The van der Waals surface area contributed by atoms with E-state index in [-0.39, 0.29) is 11.1 Å². The molecular formula is C12H10ClF3N2OS. The van der Waals surface area contributed by atoms with E-state index in [1.54, 1.807) is 17.0 Å². The van der Waals surface area contributed by atoms with Crippen LogP contribution >= 0.6 is 23.4 Å². The Kier molecular flexibility index (Phi) is 4.29. The van der Waals surface area contributed by atoms with E-state index in [0.29, 0.717) is 22.7 Å². The van der Waals surface area contributed by atoms with Crippen molar-refractivity contribution < 1.29 is 18.0 Å². The fourth-order valence-corrected chi connectivity index (χ4v) is 3.05. The number of alkyl halides is 3. The van der Waals surface area contributed by atoms with E-state index in [4.69, 9.17) is 11.6 Å². The van der Waals surface area contributed by atoms with E-state index >= 15 is 0 Å². The minimum Gasteiger partial charge on any atom is -0.331 e. The van der Waals surface area contributed by atoms with Gasteiger partial charge in [-0.05, 0) is 19.1 Å². The Hall–Kier alpha value is -1.21. The van der Waals surface area contributed by atoms with Crippen molar-refractivity contribution in [2.75, 3.05) is 10.7 Å². The standard InChI is InChI=1S/C12H10ClF3N2OS/c1-7-6-20-11(4-9(19)12(14,15)16)18(7)8-2-3-10(13)17-5-8/h2-5,7H,6H2,1H3. The van der Waals surface area contributed by atoms with Crippen LogP contribution in [0.4, 0.5) is 18.9 Å². The van der Waals surface area contributed by atoms with Crippen molar-refractivity contribution in [2.24, 2.45) is 0 Å². The van der Waals surface area contributed by atoms with Gasteiger partial charge in [-0.1, -0.05) is 11.6 Å². The molecule has 1 aliphatic heterocycles. The van der Waals surface area contributed by atoms with Crippen LogP contribution in [0.1, 0.15) is 6.92 Å². The molecule has 1 aromatic heterocycles. The molecule has 0 amide bonds. The summed E-state index contributed by atoms with van der Waals surface area (Å²) in [5.41, 5.74) is 0.605. The summed E-state index contributed by atoms with van der Waals surface area (Å²) in [6.07, 6.45) is -2.76. The molecule has 0 spiro atoms. The molecule has 0 saturated carbocycles. The van der Waals surface area contributed by atoms with Crippen LogP contribution in [-0.2, 0) is 4.79 Å². The number of thioether (sulfide) groups is 1. The van der Waals surface area contributed by atoms with Crippen LogP contribution in [0.25, 0.3) is 0 Å². The van der Waals surface area contributed by atoms with Crippen LogP contribution in [0.15, 0.2) is 29.4 Å². The van der Waals surface area contributed by atoms with Gasteiger partial charge in [-0.3, -0.25) is 4.79 Å². The Balaban J connectivity index is 2.32. The second kappa shape index (κ2) is 5.65. The number of pyridine rings is 1. The molecule has 0 radical (unpaired) electrons. The Morgan fingerprint density at radius 2 is 2.25 bits per heavy atom. The third-order valence-electron chi connectivity index (χ3n) is 2.67. The zero-order valence-corrected chi connectivity index (χ0v) is 11.9. The Morgan fingerprint density at radius 1 is 1.55 bits per heavy atom. The Labute approximate surface area is 122 Å². The number of nitrogens with zero attached hydrogens (tertiary/aromatic N) is 2. The predicted octanol–water partition coefficient (Wildman–Crippen LogP) is 3.65. The lowest BCUT2D eigenvalue weighted by Gasteiger charge is -2.24. The first-order valence-corrected chi connectivity index (χ1v) is 7.02. The van der Waals surface area contributed by atoms with Crippen molar-refractivity contribution in [1.29, 1.82) is 0 Å². The van der Waals surface area contributed by atoms with E-state index < -0.39 is 12.0 Å². The second-order valence-electron chi connectivity index (χ2n) is 4.21. The number of aromatic nitrogens is 1. The second-order valence-corrected chi connectivity index (χ2v) is 5.64. The fraction of sp³-hybridized carbons (Fsp3) is 0.333. The molecule has 108 valence electrons. The van der Waals surface area contributed by atoms with Gasteiger partial charge in [-0.2, -0.15) is 13.2 Å². The van der Waals surface area contributed by atoms with Gasteiger partial charge in [-0.25, -0.2) is 4.98 Å². The quantitative estimate of drug-likeness (QED) is 0.615. The van der Waals surface area contributed by atoms with Crippen LogP contribution in [0.2, 0.25) is 5.15 Å². The monoisotopic (exact) mass is 322 g/mol. The van der Waals surface area contributed by atoms with Crippen molar-refractivity contribution in [1.82, 2.24) is 4.98 Å². The molecule has 1 unspecified atom stereocenters. The molecule has 1 atom stereocenters. The van der Waals surface area contributed by atoms with E-state index in [1.165, 1.54) is 18.0 Å². The number of halogens is 4. The van der Waals surface area contributed by atoms with E-state index in [2.05, 4.69) is 4.98 Å². The highest BCUT2D eigenvalue weighted by atomic mass is 35.5. The number of carbonyl (C=O) groups is 1. The molecule has 20 heavy (non-hydrogen) atoms. The van der Waals surface area contributed by atoms with Crippen LogP contribution in [0.3, 0.4) is 0 Å². The first-order valence-electron chi connectivity index (χ1n) is 5.65. The third-order valence-corrected chi connectivity index (χ3v) is 4.16. The predicted molar refractivity (Wildman–Crippen MR) is 72.8 cm³/mol. The molecule has 2 heterocycles. The molecule has 1 saturated heterocycles. The summed E-state index contributed by atoms with van der Waals surface area (Å²) < 4.78 is 37.0. The highest BCUT2D eigenvalue weighted by molar-refractivity contribution is 8.03. The van der Waals surface area contributed by atoms with Gasteiger partial charge < -0.3 is 4.90 Å². The Morgan fingerprint density at radius 3 is 2.80 bits per heavy atom. The van der Waals surface area contributed by atoms with Gasteiger partial charge in [0.2, 0.25) is 0 Å².